The molecule has 4 N–H and O–H groups in total. The molecule has 1 saturated heterocycles. The van der Waals surface area contributed by atoms with E-state index in [0.29, 0.717) is 37.6 Å². The van der Waals surface area contributed by atoms with E-state index in [0.717, 1.165) is 70.6 Å². The van der Waals surface area contributed by atoms with E-state index in [2.05, 4.69) is 83.9 Å². The number of nitrogens with zero attached hydrogens (tertiary/aromatic N) is 5. The smallest absolute Gasteiger partial charge is 0.338 e. The number of carbonyl (C=O) groups excluding carboxylic acids is 1. The molecule has 17 heteroatoms. The summed E-state index contributed by atoms with van der Waals surface area (Å²) in [6, 6.07) is 20.0. The zero-order chi connectivity index (χ0) is 41.9. The quantitative estimate of drug-likeness (QED) is 0.0344. The Labute approximate surface area is 355 Å². The lowest BCUT2D eigenvalue weighted by atomic mass is 9.90. The molecule has 326 valence electrons. The van der Waals surface area contributed by atoms with Gasteiger partial charge in [0.15, 0.2) is 6.29 Å². The van der Waals surface area contributed by atoms with Crippen LogP contribution in [-0.4, -0.2) is 138 Å². The van der Waals surface area contributed by atoms with E-state index < -0.39 is 43.3 Å². The maximum absolute atomic E-state index is 13.6. The fourth-order valence-electron chi connectivity index (χ4n) is 7.25. The van der Waals surface area contributed by atoms with Crippen LogP contribution < -0.4 is 27.2 Å². The third kappa shape index (κ3) is 10.9. The van der Waals surface area contributed by atoms with Gasteiger partial charge in [-0.25, -0.2) is 14.1 Å². The Hall–Kier alpha value is -4.49. The van der Waals surface area contributed by atoms with Crippen LogP contribution in [0.3, 0.4) is 0 Å². The molecule has 1 aliphatic carbocycles. The van der Waals surface area contributed by atoms with Crippen LogP contribution in [-0.2, 0) is 36.8 Å². The summed E-state index contributed by atoms with van der Waals surface area (Å²) in [5.74, 6) is 0.283. The Kier molecular flexibility index (Phi) is 17.4. The van der Waals surface area contributed by atoms with Crippen LogP contribution in [0.15, 0.2) is 71.3 Å². The first kappa shape index (κ1) is 46.6. The van der Waals surface area contributed by atoms with Crippen molar-refractivity contribution in [3.05, 3.63) is 83.5 Å². The highest BCUT2D eigenvalue weighted by atomic mass is 35.5. The van der Waals surface area contributed by atoms with Crippen molar-refractivity contribution in [2.24, 2.45) is 0 Å². The van der Waals surface area contributed by atoms with E-state index in [1.165, 1.54) is 0 Å². The molecule has 0 amide bonds. The lowest BCUT2D eigenvalue weighted by molar-refractivity contribution is -0.304. The summed E-state index contributed by atoms with van der Waals surface area (Å²) in [7, 11) is 0. The van der Waals surface area contributed by atoms with Crippen LogP contribution in [0.1, 0.15) is 43.7 Å². The van der Waals surface area contributed by atoms with E-state index >= 15 is 0 Å². The zero-order valence-corrected chi connectivity index (χ0v) is 35.2. The number of anilines is 1. The molecule has 0 bridgehead atoms. The van der Waals surface area contributed by atoms with Crippen LogP contribution >= 0.6 is 0 Å². The molecule has 6 rings (SSSR count). The first-order valence-corrected chi connectivity index (χ1v) is 20.3. The standard InChI is InChI=1S/C43H56N5O11.ClH/c1-5-46(6-2)29-13-15-33-35(23-29)58-36-24-30(47(7-3)8-4)14-16-34(36)38(33)31-11-9-10-12-32(31)42(53)56-22-21-55-20-19-54-18-17-48-25-28(44-45-48)27-57-43-41(52)40(51)39(50)37(26-49)59-43;/h9-16,23-25,37,39-41,43,49-52H,5-8,17-22,26-27H2,1-4H3;1H/q+1;/p-1/t37-,39-,40+,41+,43+;/m1./s1. The van der Waals surface area contributed by atoms with Crippen LogP contribution in [0, 0.1) is 0 Å². The molecule has 0 spiro atoms. The summed E-state index contributed by atoms with van der Waals surface area (Å²) < 4.78 is 38.4. The average molecular weight is 854 g/mol. The summed E-state index contributed by atoms with van der Waals surface area (Å²) in [6.45, 7) is 12.9. The second-order valence-corrected chi connectivity index (χ2v) is 14.1. The first-order chi connectivity index (χ1) is 28.7. The predicted octanol–water partition coefficient (Wildman–Crippen LogP) is -0.335. The second kappa shape index (κ2) is 22.4. The zero-order valence-electron chi connectivity index (χ0n) is 34.5. The third-order valence-electron chi connectivity index (χ3n) is 10.5. The molecule has 1 aromatic heterocycles. The highest BCUT2D eigenvalue weighted by molar-refractivity contribution is 6.08. The van der Waals surface area contributed by atoms with Crippen LogP contribution in [0.25, 0.3) is 33.4 Å². The Morgan fingerprint density at radius 2 is 1.60 bits per heavy atom. The van der Waals surface area contributed by atoms with Gasteiger partial charge in [0.25, 0.3) is 0 Å². The molecule has 0 radical (unpaired) electrons. The van der Waals surface area contributed by atoms with E-state index in [4.69, 9.17) is 28.1 Å². The Morgan fingerprint density at radius 3 is 2.33 bits per heavy atom. The number of ether oxygens (including phenoxy) is 5. The number of benzene rings is 3. The molecular weight excluding hydrogens is 798 g/mol. The number of fused-ring (bicyclic) bond motifs is 2. The third-order valence-corrected chi connectivity index (χ3v) is 10.5. The van der Waals surface area contributed by atoms with Gasteiger partial charge in [0.05, 0.1) is 64.0 Å². The van der Waals surface area contributed by atoms with E-state index in [-0.39, 0.29) is 32.2 Å². The number of rotatable bonds is 20. The molecule has 2 aliphatic heterocycles. The minimum atomic E-state index is -1.53. The molecule has 16 nitrogen and oxygen atoms in total. The van der Waals surface area contributed by atoms with E-state index in [9.17, 15) is 25.2 Å². The monoisotopic (exact) mass is 853 g/mol. The first-order valence-electron chi connectivity index (χ1n) is 20.3. The topological polar surface area (TPSA) is 194 Å². The Balaban J connectivity index is 0.00000683. The van der Waals surface area contributed by atoms with Gasteiger partial charge in [0.1, 0.15) is 61.1 Å². The average Bonchev–Trinajstić information content (AvgIpc) is 3.72. The van der Waals surface area contributed by atoms with Gasteiger partial charge in [-0.3, -0.25) is 0 Å². The molecule has 0 unspecified atom stereocenters. The van der Waals surface area contributed by atoms with Crippen molar-refractivity contribution in [1.82, 2.24) is 19.6 Å². The van der Waals surface area contributed by atoms with Crippen LogP contribution in [0.5, 0.6) is 0 Å². The maximum atomic E-state index is 13.6. The van der Waals surface area contributed by atoms with Gasteiger partial charge in [0, 0.05) is 47.4 Å². The summed E-state index contributed by atoms with van der Waals surface area (Å²) in [5.41, 5.74) is 5.25. The molecule has 3 aliphatic rings. The highest BCUT2D eigenvalue weighted by Crippen LogP contribution is 2.42. The van der Waals surface area contributed by atoms with Gasteiger partial charge in [-0.2, -0.15) is 0 Å². The van der Waals surface area contributed by atoms with E-state index in [1.807, 2.05) is 18.2 Å². The summed E-state index contributed by atoms with van der Waals surface area (Å²) in [4.78, 5) is 15.9. The van der Waals surface area contributed by atoms with Gasteiger partial charge in [-0.05, 0) is 57.5 Å². The molecule has 3 heterocycles. The summed E-state index contributed by atoms with van der Waals surface area (Å²) in [6.07, 6.45) is -5.18. The van der Waals surface area contributed by atoms with Gasteiger partial charge in [-0.1, -0.05) is 23.4 Å². The lowest BCUT2D eigenvalue weighted by Gasteiger charge is -2.39. The minimum Gasteiger partial charge on any atom is -1.00 e. The van der Waals surface area contributed by atoms with Gasteiger partial charge < -0.3 is 65.8 Å². The molecule has 2 aromatic carbocycles. The Morgan fingerprint density at radius 1 is 0.867 bits per heavy atom. The fourth-order valence-corrected chi connectivity index (χ4v) is 7.25. The number of aromatic nitrogens is 3. The SMILES string of the molecule is CCN(CC)c1ccc2c(-c3ccccc3C(=O)OCCOCCOCCn3cc(CO[C@H]4O[C@H](CO)[C@@H](O)[C@H](O)[C@@H]4O)nn3)c3ccc(=[N+](CC)CC)cc-3oc2c1.[Cl-]. The van der Waals surface area contributed by atoms with Crippen molar-refractivity contribution in [1.29, 1.82) is 0 Å². The van der Waals surface area contributed by atoms with Crippen molar-refractivity contribution in [3.8, 4) is 22.5 Å². The maximum Gasteiger partial charge on any atom is 0.338 e. The Bertz CT molecular complexity index is 2170. The van der Waals surface area contributed by atoms with Crippen molar-refractivity contribution in [2.75, 3.05) is 70.7 Å². The predicted molar refractivity (Wildman–Crippen MR) is 219 cm³/mol. The number of halogens is 1. The van der Waals surface area contributed by atoms with Gasteiger partial charge >= 0.3 is 5.97 Å². The van der Waals surface area contributed by atoms with Crippen LogP contribution in [0.4, 0.5) is 5.69 Å². The summed E-state index contributed by atoms with van der Waals surface area (Å²) in [5, 5.41) is 49.4. The number of hydrogen-bond donors (Lipinski definition) is 4. The molecular formula is C43H56ClN5O11. The largest absolute Gasteiger partial charge is 1.00 e. The highest BCUT2D eigenvalue weighted by Gasteiger charge is 2.44. The number of esters is 1. The fraction of sp³-hybridized carbons (Fsp3) is 0.488. The van der Waals surface area contributed by atoms with Crippen molar-refractivity contribution < 1.29 is 65.7 Å². The summed E-state index contributed by atoms with van der Waals surface area (Å²) >= 11 is 0. The second-order valence-electron chi connectivity index (χ2n) is 14.1. The number of aliphatic hydroxyl groups is 4. The van der Waals surface area contributed by atoms with Crippen molar-refractivity contribution in [3.63, 3.8) is 0 Å². The van der Waals surface area contributed by atoms with Gasteiger partial charge in [-0.15, -0.1) is 5.10 Å². The lowest BCUT2D eigenvalue weighted by Crippen LogP contribution is -3.00. The normalized spacial score (nSPS) is 19.0. The molecule has 5 atom stereocenters. The van der Waals surface area contributed by atoms with Crippen molar-refractivity contribution >= 4 is 22.6 Å². The minimum absolute atomic E-state index is 0. The number of carbonyl (C=O) groups is 1. The van der Waals surface area contributed by atoms with Gasteiger partial charge in [0.2, 0.25) is 5.36 Å². The molecule has 3 aromatic rings. The molecule has 60 heavy (non-hydrogen) atoms. The number of hydrogen-bond acceptors (Lipinski definition) is 14. The van der Waals surface area contributed by atoms with Crippen LogP contribution in [0.2, 0.25) is 0 Å². The van der Waals surface area contributed by atoms with Crippen molar-refractivity contribution in [2.45, 2.75) is 71.6 Å². The van der Waals surface area contributed by atoms with E-state index in [1.54, 1.807) is 16.9 Å². The number of aliphatic hydroxyl groups excluding tert-OH is 4. The molecule has 1 fully saturated rings. The molecule has 0 saturated carbocycles.